The van der Waals surface area contributed by atoms with Crippen LogP contribution in [0.5, 0.6) is 0 Å². The number of carbonyl (C=O) groups excluding carboxylic acids is 1. The van der Waals surface area contributed by atoms with Gasteiger partial charge in [0.25, 0.3) is 5.91 Å². The molecule has 8 nitrogen and oxygen atoms in total. The van der Waals surface area contributed by atoms with Gasteiger partial charge in [0.2, 0.25) is 0 Å². The first-order chi connectivity index (χ1) is 14.1. The Morgan fingerprint density at radius 1 is 1.47 bits per heavy atom. The second-order valence-electron chi connectivity index (χ2n) is 7.36. The van der Waals surface area contributed by atoms with Crippen molar-refractivity contribution < 1.29 is 18.8 Å². The van der Waals surface area contributed by atoms with E-state index in [4.69, 9.17) is 21.4 Å². The fraction of sp³-hybridized carbons (Fsp3) is 0.300. The normalized spacial score (nSPS) is 12.4. The van der Waals surface area contributed by atoms with E-state index < -0.39 is 17.3 Å². The van der Waals surface area contributed by atoms with Crippen LogP contribution in [0.15, 0.2) is 35.0 Å². The number of rotatable bonds is 6. The molecule has 2 aromatic heterocycles. The third-order valence-corrected chi connectivity index (χ3v) is 4.57. The van der Waals surface area contributed by atoms with Gasteiger partial charge < -0.3 is 14.9 Å². The average Bonchev–Trinajstić information content (AvgIpc) is 3.30. The van der Waals surface area contributed by atoms with E-state index in [1.807, 2.05) is 0 Å². The van der Waals surface area contributed by atoms with Crippen molar-refractivity contribution in [3.05, 3.63) is 58.3 Å². The zero-order chi connectivity index (χ0) is 22.1. The van der Waals surface area contributed by atoms with Gasteiger partial charge >= 0.3 is 0 Å². The van der Waals surface area contributed by atoms with Crippen molar-refractivity contribution in [1.82, 2.24) is 20.3 Å². The number of nitrogens with one attached hydrogen (secondary N) is 1. The molecule has 0 saturated carbocycles. The van der Waals surface area contributed by atoms with E-state index in [2.05, 4.69) is 15.6 Å². The number of carbonyl (C=O) groups is 1. The number of hydrogen-bond donors (Lipinski definition) is 2. The van der Waals surface area contributed by atoms with E-state index in [1.54, 1.807) is 29.9 Å². The number of aliphatic hydroxyl groups is 1. The summed E-state index contributed by atoms with van der Waals surface area (Å²) in [4.78, 5) is 12.3. The smallest absolute Gasteiger partial charge is 0.273 e. The van der Waals surface area contributed by atoms with Gasteiger partial charge in [0, 0.05) is 23.9 Å². The molecule has 0 radical (unpaired) electrons. The Bertz CT molecular complexity index is 1100. The molecule has 1 amide bonds. The topological polar surface area (TPSA) is 117 Å². The zero-order valence-electron chi connectivity index (χ0n) is 16.5. The molecule has 10 heteroatoms. The quantitative estimate of drug-likeness (QED) is 0.618. The van der Waals surface area contributed by atoms with Gasteiger partial charge in [-0.15, -0.1) is 0 Å². The number of halogens is 2. The van der Waals surface area contributed by atoms with Gasteiger partial charge in [-0.25, -0.2) is 4.39 Å². The highest BCUT2D eigenvalue weighted by Crippen LogP contribution is 2.27. The van der Waals surface area contributed by atoms with Gasteiger partial charge in [0.05, 0.1) is 17.3 Å². The van der Waals surface area contributed by atoms with Crippen LogP contribution >= 0.6 is 11.6 Å². The molecule has 0 spiro atoms. The number of nitriles is 1. The summed E-state index contributed by atoms with van der Waals surface area (Å²) in [7, 11) is 0. The summed E-state index contributed by atoms with van der Waals surface area (Å²) in [6, 6.07) is 7.15. The minimum Gasteiger partial charge on any atom is -0.382 e. The Morgan fingerprint density at radius 2 is 2.20 bits per heavy atom. The van der Waals surface area contributed by atoms with E-state index in [-0.39, 0.29) is 28.1 Å². The summed E-state index contributed by atoms with van der Waals surface area (Å²) < 4.78 is 20.6. The molecule has 1 unspecified atom stereocenters. The maximum atomic E-state index is 14.0. The first-order valence-electron chi connectivity index (χ1n) is 9.02. The van der Waals surface area contributed by atoms with Crippen LogP contribution in [-0.2, 0) is 12.1 Å². The van der Waals surface area contributed by atoms with Crippen molar-refractivity contribution in [3.63, 3.8) is 0 Å². The van der Waals surface area contributed by atoms with Crippen LogP contribution in [0, 0.1) is 17.1 Å². The molecule has 1 aromatic carbocycles. The summed E-state index contributed by atoms with van der Waals surface area (Å²) in [5.41, 5.74) is -0.477. The third kappa shape index (κ3) is 4.67. The lowest BCUT2D eigenvalue weighted by Gasteiger charge is -2.13. The second kappa shape index (κ2) is 8.26. The van der Waals surface area contributed by atoms with Crippen LogP contribution in [0.3, 0.4) is 0 Å². The number of benzene rings is 1. The predicted octanol–water partition coefficient (Wildman–Crippen LogP) is 3.25. The molecule has 3 aromatic rings. The van der Waals surface area contributed by atoms with E-state index in [0.717, 1.165) is 0 Å². The summed E-state index contributed by atoms with van der Waals surface area (Å²) in [6.45, 7) is 5.18. The first-order valence-corrected chi connectivity index (χ1v) is 9.39. The van der Waals surface area contributed by atoms with Gasteiger partial charge in [-0.05, 0) is 39.0 Å². The molecular weight excluding hydrogens is 413 g/mol. The summed E-state index contributed by atoms with van der Waals surface area (Å²) >= 11 is 5.95. The van der Waals surface area contributed by atoms with E-state index >= 15 is 0 Å². The van der Waals surface area contributed by atoms with Crippen LogP contribution in [0.2, 0.25) is 5.02 Å². The van der Waals surface area contributed by atoms with Gasteiger partial charge in [0.1, 0.15) is 23.1 Å². The molecule has 156 valence electrons. The van der Waals surface area contributed by atoms with E-state index in [9.17, 15) is 14.3 Å². The largest absolute Gasteiger partial charge is 0.382 e. The molecule has 0 aliphatic carbocycles. The van der Waals surface area contributed by atoms with Crippen molar-refractivity contribution >= 4 is 17.5 Å². The van der Waals surface area contributed by atoms with Crippen molar-refractivity contribution in [3.8, 4) is 17.3 Å². The summed E-state index contributed by atoms with van der Waals surface area (Å²) in [5, 5.41) is 29.6. The molecule has 1 atom stereocenters. The van der Waals surface area contributed by atoms with Crippen molar-refractivity contribution in [2.24, 2.45) is 0 Å². The SMILES string of the molecule is CC(Cn1ccc(-c2cc(F)c(C#N)c(Cl)c2)n1)NC(=O)c1cc(C(C)(C)O)on1. The highest BCUT2D eigenvalue weighted by atomic mass is 35.5. The minimum atomic E-state index is -1.24. The monoisotopic (exact) mass is 431 g/mol. The Balaban J connectivity index is 1.67. The van der Waals surface area contributed by atoms with Crippen molar-refractivity contribution in [2.75, 3.05) is 0 Å². The van der Waals surface area contributed by atoms with E-state index in [1.165, 1.54) is 32.0 Å². The van der Waals surface area contributed by atoms with Crippen LogP contribution in [-0.4, -0.2) is 32.0 Å². The molecule has 3 rings (SSSR count). The fourth-order valence-electron chi connectivity index (χ4n) is 2.74. The Morgan fingerprint density at radius 3 is 2.80 bits per heavy atom. The Hall–Kier alpha value is -3.22. The zero-order valence-corrected chi connectivity index (χ0v) is 17.2. The maximum Gasteiger partial charge on any atom is 0.273 e. The van der Waals surface area contributed by atoms with Crippen LogP contribution < -0.4 is 5.32 Å². The Labute approximate surface area is 176 Å². The van der Waals surface area contributed by atoms with Gasteiger partial charge in [-0.2, -0.15) is 10.4 Å². The number of aromatic nitrogens is 3. The van der Waals surface area contributed by atoms with Crippen molar-refractivity contribution in [1.29, 1.82) is 5.26 Å². The molecule has 0 bridgehead atoms. The average molecular weight is 432 g/mol. The Kier molecular flexibility index (Phi) is 5.92. The maximum absolute atomic E-state index is 14.0. The molecule has 30 heavy (non-hydrogen) atoms. The molecular formula is C20H19ClFN5O3. The number of amides is 1. The van der Waals surface area contributed by atoms with Gasteiger partial charge in [0.15, 0.2) is 11.5 Å². The molecule has 2 N–H and O–H groups in total. The first kappa shape index (κ1) is 21.5. The van der Waals surface area contributed by atoms with Crippen LogP contribution in [0.25, 0.3) is 11.3 Å². The minimum absolute atomic E-state index is 0.0146. The lowest BCUT2D eigenvalue weighted by atomic mass is 10.1. The summed E-state index contributed by atoms with van der Waals surface area (Å²) in [6.07, 6.45) is 1.69. The summed E-state index contributed by atoms with van der Waals surface area (Å²) in [5.74, 6) is -0.978. The molecule has 0 aliphatic rings. The highest BCUT2D eigenvalue weighted by molar-refractivity contribution is 6.32. The second-order valence-corrected chi connectivity index (χ2v) is 7.77. The van der Waals surface area contributed by atoms with Gasteiger partial charge in [-0.3, -0.25) is 9.48 Å². The van der Waals surface area contributed by atoms with E-state index in [0.29, 0.717) is 17.8 Å². The lowest BCUT2D eigenvalue weighted by molar-refractivity contribution is 0.0474. The van der Waals surface area contributed by atoms with Gasteiger partial charge in [-0.1, -0.05) is 16.8 Å². The predicted molar refractivity (Wildman–Crippen MR) is 106 cm³/mol. The number of hydrogen-bond acceptors (Lipinski definition) is 6. The molecule has 2 heterocycles. The fourth-order valence-corrected chi connectivity index (χ4v) is 2.99. The van der Waals surface area contributed by atoms with Crippen molar-refractivity contribution in [2.45, 2.75) is 39.0 Å². The molecule has 0 aliphatic heterocycles. The van der Waals surface area contributed by atoms with Crippen LogP contribution in [0.1, 0.15) is 42.6 Å². The highest BCUT2D eigenvalue weighted by Gasteiger charge is 2.24. The third-order valence-electron chi connectivity index (χ3n) is 4.27. The standard InChI is InChI=1S/C20H19ClFN5O3/c1-11(24-19(28)17-8-18(30-26-17)20(2,3)29)10-27-5-4-16(25-27)12-6-14(21)13(9-23)15(22)7-12/h4-8,11,29H,10H2,1-3H3,(H,24,28). The molecule has 0 fully saturated rings. The number of nitrogens with zero attached hydrogens (tertiary/aromatic N) is 4. The molecule has 0 saturated heterocycles. The lowest BCUT2D eigenvalue weighted by Crippen LogP contribution is -2.36. The van der Waals surface area contributed by atoms with Crippen LogP contribution in [0.4, 0.5) is 4.39 Å².